The molecule has 16 heavy (non-hydrogen) atoms. The molecule has 92 valence electrons. The molecule has 0 spiro atoms. The predicted octanol–water partition coefficient (Wildman–Crippen LogP) is 1.24. The highest BCUT2D eigenvalue weighted by atomic mass is 16.5. The first-order chi connectivity index (χ1) is 7.71. The Morgan fingerprint density at radius 3 is 2.69 bits per heavy atom. The second-order valence-corrected chi connectivity index (χ2v) is 6.07. The van der Waals surface area contributed by atoms with Crippen molar-refractivity contribution in [1.82, 2.24) is 10.2 Å². The average Bonchev–Trinajstić information content (AvgIpc) is 2.99. The Balaban J connectivity index is 1.56. The maximum absolute atomic E-state index is 5.38. The van der Waals surface area contributed by atoms with E-state index in [9.17, 15) is 0 Å². The summed E-state index contributed by atoms with van der Waals surface area (Å²) in [6.07, 6.45) is 5.90. The number of hydrogen-bond donors (Lipinski definition) is 1. The van der Waals surface area contributed by atoms with E-state index < -0.39 is 0 Å². The summed E-state index contributed by atoms with van der Waals surface area (Å²) in [5.74, 6) is 0.939. The quantitative estimate of drug-likeness (QED) is 0.780. The lowest BCUT2D eigenvalue weighted by molar-refractivity contribution is -0.0439. The van der Waals surface area contributed by atoms with Gasteiger partial charge in [0.05, 0.1) is 6.10 Å². The molecule has 1 unspecified atom stereocenters. The van der Waals surface area contributed by atoms with Crippen LogP contribution in [0.1, 0.15) is 32.6 Å². The van der Waals surface area contributed by atoms with Crippen LogP contribution >= 0.6 is 0 Å². The van der Waals surface area contributed by atoms with Gasteiger partial charge in [-0.25, -0.2) is 0 Å². The molecule has 2 aliphatic carbocycles. The smallest absolute Gasteiger partial charge is 0.0601 e. The number of piperazine rings is 1. The predicted molar refractivity (Wildman–Crippen MR) is 64.5 cm³/mol. The van der Waals surface area contributed by atoms with Crippen molar-refractivity contribution in [3.63, 3.8) is 0 Å². The molecular weight excluding hydrogens is 200 g/mol. The first kappa shape index (κ1) is 11.0. The lowest BCUT2D eigenvalue weighted by atomic mass is 9.84. The Labute approximate surface area is 98.5 Å². The maximum atomic E-state index is 5.38. The molecule has 0 radical (unpaired) electrons. The van der Waals surface area contributed by atoms with E-state index >= 15 is 0 Å². The van der Waals surface area contributed by atoms with Gasteiger partial charge in [-0.15, -0.1) is 0 Å². The molecule has 1 aliphatic heterocycles. The van der Waals surface area contributed by atoms with Crippen molar-refractivity contribution in [2.24, 2.45) is 5.92 Å². The Bertz CT molecular complexity index is 261. The van der Waals surface area contributed by atoms with Gasteiger partial charge < -0.3 is 10.1 Å². The highest BCUT2D eigenvalue weighted by Crippen LogP contribution is 2.42. The van der Waals surface area contributed by atoms with Gasteiger partial charge in [0, 0.05) is 38.3 Å². The van der Waals surface area contributed by atoms with Crippen LogP contribution in [0.2, 0.25) is 0 Å². The molecule has 1 atom stereocenters. The summed E-state index contributed by atoms with van der Waals surface area (Å²) in [6, 6.07) is 0.796. The largest absolute Gasteiger partial charge is 0.381 e. The van der Waals surface area contributed by atoms with Crippen LogP contribution in [0, 0.1) is 5.92 Å². The Morgan fingerprint density at radius 1 is 1.31 bits per heavy atom. The summed E-state index contributed by atoms with van der Waals surface area (Å²) < 4.78 is 5.38. The van der Waals surface area contributed by atoms with Crippen molar-refractivity contribution in [1.29, 1.82) is 0 Å². The molecule has 3 aliphatic rings. The zero-order valence-corrected chi connectivity index (χ0v) is 10.5. The maximum Gasteiger partial charge on any atom is 0.0601 e. The number of nitrogens with one attached hydrogen (secondary N) is 1. The third-order valence-electron chi connectivity index (χ3n) is 4.86. The van der Waals surface area contributed by atoms with Crippen LogP contribution in [0.3, 0.4) is 0 Å². The second kappa shape index (κ2) is 3.97. The molecule has 1 saturated heterocycles. The fourth-order valence-corrected chi connectivity index (χ4v) is 3.38. The van der Waals surface area contributed by atoms with E-state index in [0.717, 1.165) is 12.0 Å². The summed E-state index contributed by atoms with van der Waals surface area (Å²) in [7, 11) is 1.84. The molecule has 3 rings (SSSR count). The second-order valence-electron chi connectivity index (χ2n) is 6.07. The molecular formula is C13H24N2O. The van der Waals surface area contributed by atoms with Gasteiger partial charge >= 0.3 is 0 Å². The summed E-state index contributed by atoms with van der Waals surface area (Å²) in [6.45, 7) is 6.06. The minimum absolute atomic E-state index is 0.399. The Morgan fingerprint density at radius 2 is 2.06 bits per heavy atom. The fraction of sp³-hybridized carbons (Fsp3) is 1.00. The van der Waals surface area contributed by atoms with Crippen LogP contribution in [0.25, 0.3) is 0 Å². The highest BCUT2D eigenvalue weighted by Gasteiger charge is 2.46. The molecule has 0 bridgehead atoms. The molecule has 0 aromatic carbocycles. The van der Waals surface area contributed by atoms with E-state index in [-0.39, 0.29) is 0 Å². The SMILES string of the molecule is COC1CC(N2CCNC(C)(C3CC3)C2)C1. The van der Waals surface area contributed by atoms with E-state index in [2.05, 4.69) is 17.1 Å². The molecule has 0 aromatic rings. The average molecular weight is 224 g/mol. The first-order valence-corrected chi connectivity index (χ1v) is 6.73. The van der Waals surface area contributed by atoms with E-state index in [4.69, 9.17) is 4.74 Å². The van der Waals surface area contributed by atoms with Gasteiger partial charge in [0.2, 0.25) is 0 Å². The van der Waals surface area contributed by atoms with Crippen molar-refractivity contribution in [3.05, 3.63) is 0 Å². The number of rotatable bonds is 3. The highest BCUT2D eigenvalue weighted by molar-refractivity contribution is 5.04. The van der Waals surface area contributed by atoms with Gasteiger partial charge in [-0.1, -0.05) is 0 Å². The molecule has 3 heteroatoms. The summed E-state index contributed by atoms with van der Waals surface area (Å²) in [5, 5.41) is 3.74. The zero-order valence-electron chi connectivity index (χ0n) is 10.5. The van der Waals surface area contributed by atoms with Crippen molar-refractivity contribution in [2.45, 2.75) is 50.3 Å². The first-order valence-electron chi connectivity index (χ1n) is 6.73. The molecule has 3 fully saturated rings. The third kappa shape index (κ3) is 1.89. The summed E-state index contributed by atoms with van der Waals surface area (Å²) in [4.78, 5) is 2.70. The van der Waals surface area contributed by atoms with E-state index in [1.54, 1.807) is 0 Å². The lowest BCUT2D eigenvalue weighted by Crippen LogP contribution is -2.64. The van der Waals surface area contributed by atoms with Crippen LogP contribution in [0.15, 0.2) is 0 Å². The fourth-order valence-electron chi connectivity index (χ4n) is 3.38. The van der Waals surface area contributed by atoms with E-state index in [1.807, 2.05) is 7.11 Å². The monoisotopic (exact) mass is 224 g/mol. The molecule has 3 nitrogen and oxygen atoms in total. The van der Waals surface area contributed by atoms with Gasteiger partial charge in [0.25, 0.3) is 0 Å². The molecule has 1 N–H and O–H groups in total. The lowest BCUT2D eigenvalue weighted by Gasteiger charge is -2.49. The molecule has 0 aromatic heterocycles. The Hall–Kier alpha value is -0.120. The van der Waals surface area contributed by atoms with Crippen molar-refractivity contribution in [2.75, 3.05) is 26.7 Å². The number of ether oxygens (including phenoxy) is 1. The standard InChI is InChI=1S/C13H24N2O/c1-13(10-3-4-10)9-15(6-5-14-13)11-7-12(8-11)16-2/h10-12,14H,3-9H2,1-2H3. The van der Waals surface area contributed by atoms with Crippen molar-refractivity contribution < 1.29 is 4.74 Å². The minimum Gasteiger partial charge on any atom is -0.381 e. The van der Waals surface area contributed by atoms with Crippen LogP contribution in [0.4, 0.5) is 0 Å². The minimum atomic E-state index is 0.399. The van der Waals surface area contributed by atoms with Gasteiger partial charge in [-0.2, -0.15) is 0 Å². The normalized spacial score (nSPS) is 45.4. The summed E-state index contributed by atoms with van der Waals surface area (Å²) >= 11 is 0. The molecule has 1 heterocycles. The molecule has 2 saturated carbocycles. The Kier molecular flexibility index (Phi) is 2.73. The number of methoxy groups -OCH3 is 1. The van der Waals surface area contributed by atoms with Crippen LogP contribution in [0.5, 0.6) is 0 Å². The van der Waals surface area contributed by atoms with E-state index in [0.29, 0.717) is 11.6 Å². The van der Waals surface area contributed by atoms with Gasteiger partial charge in [0.1, 0.15) is 0 Å². The zero-order chi connectivity index (χ0) is 11.2. The number of hydrogen-bond acceptors (Lipinski definition) is 3. The van der Waals surface area contributed by atoms with Crippen molar-refractivity contribution >= 4 is 0 Å². The van der Waals surface area contributed by atoms with Crippen molar-refractivity contribution in [3.8, 4) is 0 Å². The van der Waals surface area contributed by atoms with Crippen LogP contribution in [-0.2, 0) is 4.74 Å². The summed E-state index contributed by atoms with van der Waals surface area (Å²) in [5.41, 5.74) is 0.399. The topological polar surface area (TPSA) is 24.5 Å². The van der Waals surface area contributed by atoms with Crippen LogP contribution in [-0.4, -0.2) is 49.3 Å². The molecule has 0 amide bonds. The third-order valence-corrected chi connectivity index (χ3v) is 4.86. The van der Waals surface area contributed by atoms with Crippen LogP contribution < -0.4 is 5.32 Å². The number of nitrogens with zero attached hydrogens (tertiary/aromatic N) is 1. The van der Waals surface area contributed by atoms with E-state index in [1.165, 1.54) is 45.3 Å². The van der Waals surface area contributed by atoms with Gasteiger partial charge in [0.15, 0.2) is 0 Å². The van der Waals surface area contributed by atoms with Gasteiger partial charge in [-0.3, -0.25) is 4.90 Å². The van der Waals surface area contributed by atoms with Gasteiger partial charge in [-0.05, 0) is 38.5 Å².